The van der Waals surface area contributed by atoms with E-state index in [1.165, 1.54) is 30.5 Å². The summed E-state index contributed by atoms with van der Waals surface area (Å²) in [7, 11) is -3.87. The fourth-order valence-corrected chi connectivity index (χ4v) is 4.85. The van der Waals surface area contributed by atoms with Crippen molar-refractivity contribution in [3.8, 4) is 0 Å². The first-order valence-corrected chi connectivity index (χ1v) is 10.2. The number of aryl methyl sites for hydroxylation is 2. The van der Waals surface area contributed by atoms with E-state index in [0.29, 0.717) is 5.56 Å². The third kappa shape index (κ3) is 3.99. The number of sulfone groups is 1. The zero-order valence-corrected chi connectivity index (χ0v) is 16.3. The van der Waals surface area contributed by atoms with Crippen molar-refractivity contribution >= 4 is 15.7 Å². The second kappa shape index (κ2) is 7.98. The van der Waals surface area contributed by atoms with Crippen LogP contribution in [-0.4, -0.2) is 20.9 Å². The summed E-state index contributed by atoms with van der Waals surface area (Å²) < 4.78 is 45.8. The lowest BCUT2D eigenvalue weighted by Crippen LogP contribution is -2.32. The van der Waals surface area contributed by atoms with Crippen molar-refractivity contribution in [2.24, 2.45) is 0 Å². The third-order valence-electron chi connectivity index (χ3n) is 4.45. The maximum Gasteiger partial charge on any atom is 0.254 e. The molecule has 0 radical (unpaired) electrons. The van der Waals surface area contributed by atoms with Crippen molar-refractivity contribution in [1.29, 1.82) is 0 Å². The molecule has 0 aliphatic heterocycles. The van der Waals surface area contributed by atoms with Crippen LogP contribution in [0.15, 0.2) is 70.2 Å². The molecule has 28 heavy (non-hydrogen) atoms. The molecule has 2 aromatic carbocycles. The van der Waals surface area contributed by atoms with Gasteiger partial charge in [0.2, 0.25) is 0 Å². The summed E-state index contributed by atoms with van der Waals surface area (Å²) in [5.74, 6) is -1.16. The fourth-order valence-electron chi connectivity index (χ4n) is 2.93. The molecule has 0 fully saturated rings. The lowest BCUT2D eigenvalue weighted by molar-refractivity contribution is 0.0949. The standard InChI is InChI=1S/C21H20FNO4S/c1-14-9-10-15(2)19(12-14)28(25,26)20(18-8-5-11-27-18)13-23-21(24)16-6-3-4-7-17(16)22/h3-12,20H,13H2,1-2H3,(H,23,24)/t20-/m0/s1. The summed E-state index contributed by atoms with van der Waals surface area (Å²) >= 11 is 0. The van der Waals surface area contributed by atoms with Crippen molar-refractivity contribution in [1.82, 2.24) is 5.32 Å². The summed E-state index contributed by atoms with van der Waals surface area (Å²) in [6.45, 7) is 3.26. The Bertz CT molecular complexity index is 1090. The zero-order valence-electron chi connectivity index (χ0n) is 15.5. The third-order valence-corrected chi connectivity index (χ3v) is 6.65. The first-order valence-electron chi connectivity index (χ1n) is 8.68. The SMILES string of the molecule is Cc1ccc(C)c(S(=O)(=O)[C@@H](CNC(=O)c2ccccc2F)c2ccco2)c1. The Balaban J connectivity index is 1.93. The maximum absolute atomic E-state index is 13.8. The van der Waals surface area contributed by atoms with Gasteiger partial charge in [0.15, 0.2) is 9.84 Å². The van der Waals surface area contributed by atoms with E-state index in [1.807, 2.05) is 6.07 Å². The molecule has 5 nitrogen and oxygen atoms in total. The Labute approximate surface area is 163 Å². The minimum Gasteiger partial charge on any atom is -0.468 e. The molecule has 7 heteroatoms. The van der Waals surface area contributed by atoms with Crippen LogP contribution in [0, 0.1) is 19.7 Å². The topological polar surface area (TPSA) is 76.4 Å². The Morgan fingerprint density at radius 1 is 1.11 bits per heavy atom. The monoisotopic (exact) mass is 401 g/mol. The molecule has 1 atom stereocenters. The number of amides is 1. The normalized spacial score (nSPS) is 12.5. The highest BCUT2D eigenvalue weighted by Gasteiger charge is 2.33. The van der Waals surface area contributed by atoms with Gasteiger partial charge in [0.1, 0.15) is 16.8 Å². The number of hydrogen-bond donors (Lipinski definition) is 1. The van der Waals surface area contributed by atoms with E-state index in [0.717, 1.165) is 5.56 Å². The van der Waals surface area contributed by atoms with Gasteiger partial charge in [-0.15, -0.1) is 0 Å². The molecule has 1 heterocycles. The molecule has 1 amide bonds. The molecule has 0 aliphatic carbocycles. The van der Waals surface area contributed by atoms with Gasteiger partial charge in [-0.3, -0.25) is 4.79 Å². The average molecular weight is 401 g/mol. The van der Waals surface area contributed by atoms with Crippen LogP contribution in [0.3, 0.4) is 0 Å². The minimum absolute atomic E-state index is 0.148. The van der Waals surface area contributed by atoms with Crippen LogP contribution >= 0.6 is 0 Å². The van der Waals surface area contributed by atoms with E-state index in [-0.39, 0.29) is 22.8 Å². The molecule has 1 N–H and O–H groups in total. The summed E-state index contributed by atoms with van der Waals surface area (Å²) in [4.78, 5) is 12.5. The Morgan fingerprint density at radius 3 is 2.54 bits per heavy atom. The molecule has 0 spiro atoms. The summed E-state index contributed by atoms with van der Waals surface area (Å²) in [5, 5.41) is 1.38. The number of nitrogens with one attached hydrogen (secondary N) is 1. The number of halogens is 1. The number of carbonyl (C=O) groups is 1. The molecule has 3 rings (SSSR count). The highest BCUT2D eigenvalue weighted by atomic mass is 32.2. The number of furan rings is 1. The van der Waals surface area contributed by atoms with Gasteiger partial charge in [0, 0.05) is 6.54 Å². The van der Waals surface area contributed by atoms with Gasteiger partial charge >= 0.3 is 0 Å². The molecule has 3 aromatic rings. The van der Waals surface area contributed by atoms with E-state index in [1.54, 1.807) is 38.1 Å². The summed E-state index contributed by atoms with van der Waals surface area (Å²) in [6.07, 6.45) is 1.37. The second-order valence-corrected chi connectivity index (χ2v) is 8.61. The van der Waals surface area contributed by atoms with Crippen LogP contribution in [0.25, 0.3) is 0 Å². The Morgan fingerprint density at radius 2 is 1.86 bits per heavy atom. The van der Waals surface area contributed by atoms with E-state index in [2.05, 4.69) is 5.32 Å². The highest BCUT2D eigenvalue weighted by Crippen LogP contribution is 2.31. The van der Waals surface area contributed by atoms with Crippen molar-refractivity contribution in [2.75, 3.05) is 6.54 Å². The molecule has 0 saturated heterocycles. The van der Waals surface area contributed by atoms with Crippen LogP contribution < -0.4 is 5.32 Å². The van der Waals surface area contributed by atoms with E-state index in [4.69, 9.17) is 4.42 Å². The summed E-state index contributed by atoms with van der Waals surface area (Å²) in [5.41, 5.74) is 1.25. The van der Waals surface area contributed by atoms with Crippen LogP contribution in [0.5, 0.6) is 0 Å². The molecule has 1 aromatic heterocycles. The van der Waals surface area contributed by atoms with Gasteiger partial charge < -0.3 is 9.73 Å². The average Bonchev–Trinajstić information content (AvgIpc) is 3.18. The number of hydrogen-bond acceptors (Lipinski definition) is 4. The first kappa shape index (κ1) is 19.8. The molecular formula is C21H20FNO4S. The van der Waals surface area contributed by atoms with Crippen molar-refractivity contribution in [3.63, 3.8) is 0 Å². The molecule has 0 saturated carbocycles. The number of benzene rings is 2. The summed E-state index contributed by atoms with van der Waals surface area (Å²) in [6, 6.07) is 13.8. The van der Waals surface area contributed by atoms with Crippen molar-refractivity contribution < 1.29 is 22.0 Å². The zero-order chi connectivity index (χ0) is 20.3. The van der Waals surface area contributed by atoms with Gasteiger partial charge in [0.25, 0.3) is 5.91 Å². The Kier molecular flexibility index (Phi) is 5.65. The van der Waals surface area contributed by atoms with E-state index >= 15 is 0 Å². The van der Waals surface area contributed by atoms with Gasteiger partial charge in [-0.2, -0.15) is 0 Å². The molecule has 0 bridgehead atoms. The van der Waals surface area contributed by atoms with E-state index in [9.17, 15) is 17.6 Å². The lowest BCUT2D eigenvalue weighted by atomic mass is 10.2. The largest absolute Gasteiger partial charge is 0.468 e. The van der Waals surface area contributed by atoms with E-state index < -0.39 is 26.8 Å². The highest BCUT2D eigenvalue weighted by molar-refractivity contribution is 7.91. The van der Waals surface area contributed by atoms with Gasteiger partial charge in [0.05, 0.1) is 16.7 Å². The van der Waals surface area contributed by atoms with Gasteiger partial charge in [-0.1, -0.05) is 24.3 Å². The smallest absolute Gasteiger partial charge is 0.254 e. The van der Waals surface area contributed by atoms with Crippen LogP contribution in [0.1, 0.15) is 32.5 Å². The van der Waals surface area contributed by atoms with Crippen LogP contribution in [0.4, 0.5) is 4.39 Å². The molecule has 0 aliphatic rings. The predicted octanol–water partition coefficient (Wildman–Crippen LogP) is 3.98. The fraction of sp³-hybridized carbons (Fsp3) is 0.190. The number of rotatable bonds is 6. The maximum atomic E-state index is 13.8. The molecule has 146 valence electrons. The van der Waals surface area contributed by atoms with Gasteiger partial charge in [-0.05, 0) is 55.3 Å². The molecule has 0 unspecified atom stereocenters. The second-order valence-electron chi connectivity index (χ2n) is 6.51. The van der Waals surface area contributed by atoms with Crippen molar-refractivity contribution in [3.05, 3.63) is 89.1 Å². The van der Waals surface area contributed by atoms with Gasteiger partial charge in [-0.25, -0.2) is 12.8 Å². The van der Waals surface area contributed by atoms with Crippen LogP contribution in [-0.2, 0) is 9.84 Å². The number of carbonyl (C=O) groups excluding carboxylic acids is 1. The minimum atomic E-state index is -3.87. The predicted molar refractivity (Wildman–Crippen MR) is 103 cm³/mol. The quantitative estimate of drug-likeness (QED) is 0.678. The van der Waals surface area contributed by atoms with Crippen molar-refractivity contribution in [2.45, 2.75) is 24.0 Å². The van der Waals surface area contributed by atoms with Crippen LogP contribution in [0.2, 0.25) is 0 Å². The molecular weight excluding hydrogens is 381 g/mol. The lowest BCUT2D eigenvalue weighted by Gasteiger charge is -2.18. The first-order chi connectivity index (χ1) is 13.3. The Hall–Kier alpha value is -2.93.